The molecule has 0 saturated heterocycles. The van der Waals surface area contributed by atoms with Crippen molar-refractivity contribution >= 4 is 5.69 Å². The van der Waals surface area contributed by atoms with Crippen LogP contribution in [0.4, 0.5) is 5.69 Å². The first kappa shape index (κ1) is 10.4. The number of nitrogens with zero attached hydrogens (tertiary/aromatic N) is 2. The molecular formula is C12H13N3O. The molecule has 0 aliphatic heterocycles. The highest BCUT2D eigenvalue weighted by molar-refractivity contribution is 5.62. The molecule has 82 valence electrons. The molecule has 0 saturated carbocycles. The Morgan fingerprint density at radius 3 is 2.75 bits per heavy atom. The van der Waals surface area contributed by atoms with Gasteiger partial charge >= 0.3 is 0 Å². The third-order valence-electron chi connectivity index (χ3n) is 2.37. The van der Waals surface area contributed by atoms with E-state index in [0.29, 0.717) is 11.4 Å². The van der Waals surface area contributed by atoms with Crippen LogP contribution in [0.2, 0.25) is 0 Å². The second-order valence-electron chi connectivity index (χ2n) is 3.48. The Labute approximate surface area is 94.1 Å². The Balaban J connectivity index is 2.46. The number of hydrogen-bond acceptors (Lipinski definition) is 4. The van der Waals surface area contributed by atoms with Crippen LogP contribution in [0.5, 0.6) is 5.75 Å². The molecule has 2 rings (SSSR count). The van der Waals surface area contributed by atoms with Gasteiger partial charge in [-0.3, -0.25) is 9.97 Å². The first-order valence-corrected chi connectivity index (χ1v) is 4.93. The Hall–Kier alpha value is -2.10. The number of methoxy groups -OCH3 is 1. The topological polar surface area (TPSA) is 61.0 Å². The summed E-state index contributed by atoms with van der Waals surface area (Å²) in [5.41, 5.74) is 9.00. The van der Waals surface area contributed by atoms with Crippen LogP contribution in [0.1, 0.15) is 5.69 Å². The lowest BCUT2D eigenvalue weighted by molar-refractivity contribution is 0.413. The number of ether oxygens (including phenoxy) is 1. The van der Waals surface area contributed by atoms with E-state index >= 15 is 0 Å². The van der Waals surface area contributed by atoms with Crippen molar-refractivity contribution in [2.24, 2.45) is 0 Å². The number of hydrogen-bond donors (Lipinski definition) is 1. The molecule has 0 spiro atoms. The number of pyridine rings is 2. The zero-order valence-corrected chi connectivity index (χ0v) is 9.27. The van der Waals surface area contributed by atoms with Gasteiger partial charge in [-0.05, 0) is 25.1 Å². The number of nitrogens with two attached hydrogens (primary N) is 1. The number of aryl methyl sites for hydroxylation is 1. The predicted octanol–water partition coefficient (Wildman–Crippen LogP) is 2.04. The number of rotatable bonds is 2. The molecule has 0 aliphatic rings. The van der Waals surface area contributed by atoms with Crippen molar-refractivity contribution < 1.29 is 4.74 Å². The summed E-state index contributed by atoms with van der Waals surface area (Å²) in [4.78, 5) is 8.49. The molecule has 0 unspecified atom stereocenters. The molecule has 0 radical (unpaired) electrons. The quantitative estimate of drug-likeness (QED) is 0.832. The molecule has 0 amide bonds. The average molecular weight is 215 g/mol. The molecule has 2 aromatic rings. The van der Waals surface area contributed by atoms with E-state index in [2.05, 4.69) is 9.97 Å². The third-order valence-corrected chi connectivity index (χ3v) is 2.37. The van der Waals surface area contributed by atoms with Gasteiger partial charge in [0.05, 0.1) is 30.4 Å². The van der Waals surface area contributed by atoms with E-state index in [0.717, 1.165) is 17.0 Å². The zero-order valence-electron chi connectivity index (χ0n) is 9.27. The van der Waals surface area contributed by atoms with Gasteiger partial charge in [0.2, 0.25) is 0 Å². The molecule has 0 atom stereocenters. The monoisotopic (exact) mass is 215 g/mol. The Morgan fingerprint density at radius 1 is 1.25 bits per heavy atom. The van der Waals surface area contributed by atoms with Gasteiger partial charge in [0.1, 0.15) is 5.75 Å². The van der Waals surface area contributed by atoms with E-state index in [1.807, 2.05) is 25.1 Å². The SMILES string of the molecule is COc1cncc(-c2ccc(N)c(C)n2)c1. The first-order chi connectivity index (χ1) is 7.70. The second-order valence-corrected chi connectivity index (χ2v) is 3.48. The van der Waals surface area contributed by atoms with Crippen molar-refractivity contribution in [3.63, 3.8) is 0 Å². The summed E-state index contributed by atoms with van der Waals surface area (Å²) in [6, 6.07) is 5.61. The van der Waals surface area contributed by atoms with Crippen LogP contribution in [-0.2, 0) is 0 Å². The maximum Gasteiger partial charge on any atom is 0.137 e. The van der Waals surface area contributed by atoms with Crippen molar-refractivity contribution in [3.8, 4) is 17.0 Å². The Kier molecular flexibility index (Phi) is 2.72. The highest BCUT2D eigenvalue weighted by Crippen LogP contribution is 2.22. The number of nitrogen functional groups attached to an aromatic ring is 1. The van der Waals surface area contributed by atoms with Crippen LogP contribution in [0, 0.1) is 6.92 Å². The number of aromatic nitrogens is 2. The van der Waals surface area contributed by atoms with Crippen molar-refractivity contribution in [2.75, 3.05) is 12.8 Å². The summed E-state index contributed by atoms with van der Waals surface area (Å²) in [6.07, 6.45) is 3.41. The van der Waals surface area contributed by atoms with Gasteiger partial charge < -0.3 is 10.5 Å². The largest absolute Gasteiger partial charge is 0.495 e. The third kappa shape index (κ3) is 1.95. The predicted molar refractivity (Wildman–Crippen MR) is 63.2 cm³/mol. The molecule has 4 nitrogen and oxygen atoms in total. The fourth-order valence-corrected chi connectivity index (χ4v) is 1.40. The van der Waals surface area contributed by atoms with E-state index < -0.39 is 0 Å². The van der Waals surface area contributed by atoms with Crippen molar-refractivity contribution in [1.82, 2.24) is 9.97 Å². The van der Waals surface area contributed by atoms with Crippen LogP contribution >= 0.6 is 0 Å². The summed E-state index contributed by atoms with van der Waals surface area (Å²) < 4.78 is 5.12. The van der Waals surface area contributed by atoms with Gasteiger partial charge in [0.15, 0.2) is 0 Å². The summed E-state index contributed by atoms with van der Waals surface area (Å²) >= 11 is 0. The molecule has 0 bridgehead atoms. The van der Waals surface area contributed by atoms with Crippen LogP contribution < -0.4 is 10.5 Å². The van der Waals surface area contributed by atoms with E-state index in [-0.39, 0.29) is 0 Å². The molecule has 0 aromatic carbocycles. The van der Waals surface area contributed by atoms with Gasteiger partial charge in [-0.2, -0.15) is 0 Å². The maximum atomic E-state index is 5.72. The van der Waals surface area contributed by atoms with E-state index in [1.54, 1.807) is 19.5 Å². The Morgan fingerprint density at radius 2 is 2.06 bits per heavy atom. The summed E-state index contributed by atoms with van der Waals surface area (Å²) in [5.74, 6) is 0.716. The fraction of sp³-hybridized carbons (Fsp3) is 0.167. The summed E-state index contributed by atoms with van der Waals surface area (Å²) in [6.45, 7) is 1.88. The average Bonchev–Trinajstić information content (AvgIpc) is 2.33. The van der Waals surface area contributed by atoms with Crippen LogP contribution in [0.15, 0.2) is 30.6 Å². The fourth-order valence-electron chi connectivity index (χ4n) is 1.40. The molecule has 2 aromatic heterocycles. The minimum absolute atomic E-state index is 0.694. The molecule has 2 N–H and O–H groups in total. The number of anilines is 1. The molecular weight excluding hydrogens is 202 g/mol. The first-order valence-electron chi connectivity index (χ1n) is 4.93. The molecule has 0 fully saturated rings. The van der Waals surface area contributed by atoms with Crippen LogP contribution in [0.25, 0.3) is 11.3 Å². The molecule has 0 aliphatic carbocycles. The van der Waals surface area contributed by atoms with Crippen molar-refractivity contribution in [2.45, 2.75) is 6.92 Å². The smallest absolute Gasteiger partial charge is 0.137 e. The molecule has 16 heavy (non-hydrogen) atoms. The van der Waals surface area contributed by atoms with Gasteiger partial charge in [-0.25, -0.2) is 0 Å². The lowest BCUT2D eigenvalue weighted by Crippen LogP contribution is -1.95. The summed E-state index contributed by atoms with van der Waals surface area (Å²) in [5, 5.41) is 0. The van der Waals surface area contributed by atoms with E-state index in [4.69, 9.17) is 10.5 Å². The molecule has 4 heteroatoms. The van der Waals surface area contributed by atoms with Crippen LogP contribution in [-0.4, -0.2) is 17.1 Å². The normalized spacial score (nSPS) is 10.1. The highest BCUT2D eigenvalue weighted by Gasteiger charge is 2.03. The van der Waals surface area contributed by atoms with Crippen LogP contribution in [0.3, 0.4) is 0 Å². The van der Waals surface area contributed by atoms with Gasteiger partial charge in [0, 0.05) is 11.8 Å². The van der Waals surface area contributed by atoms with E-state index in [9.17, 15) is 0 Å². The summed E-state index contributed by atoms with van der Waals surface area (Å²) in [7, 11) is 1.61. The van der Waals surface area contributed by atoms with Gasteiger partial charge in [0.25, 0.3) is 0 Å². The van der Waals surface area contributed by atoms with Gasteiger partial charge in [-0.15, -0.1) is 0 Å². The van der Waals surface area contributed by atoms with Gasteiger partial charge in [-0.1, -0.05) is 0 Å². The van der Waals surface area contributed by atoms with Crippen molar-refractivity contribution in [3.05, 3.63) is 36.3 Å². The van der Waals surface area contributed by atoms with E-state index in [1.165, 1.54) is 0 Å². The van der Waals surface area contributed by atoms with Crippen molar-refractivity contribution in [1.29, 1.82) is 0 Å². The highest BCUT2D eigenvalue weighted by atomic mass is 16.5. The lowest BCUT2D eigenvalue weighted by Gasteiger charge is -2.05. The minimum Gasteiger partial charge on any atom is -0.495 e. The molecule has 2 heterocycles. The lowest BCUT2D eigenvalue weighted by atomic mass is 10.1. The zero-order chi connectivity index (χ0) is 11.5. The second kappa shape index (κ2) is 4.18. The minimum atomic E-state index is 0.694. The Bertz CT molecular complexity index is 511. The maximum absolute atomic E-state index is 5.72. The standard InChI is InChI=1S/C12H13N3O/c1-8-11(13)3-4-12(15-8)9-5-10(16-2)7-14-6-9/h3-7H,13H2,1-2H3.